The Kier molecular flexibility index (Phi) is 4.96. The number of halogens is 3. The molecule has 3 aliphatic rings. The van der Waals surface area contributed by atoms with Crippen LogP contribution < -0.4 is 9.80 Å². The quantitative estimate of drug-likeness (QED) is 0.667. The third kappa shape index (κ3) is 3.49. The van der Waals surface area contributed by atoms with E-state index in [0.717, 1.165) is 56.9 Å². The highest BCUT2D eigenvalue weighted by Gasteiger charge is 2.45. The Morgan fingerprint density at radius 2 is 1.87 bits per heavy atom. The van der Waals surface area contributed by atoms with E-state index >= 15 is 0 Å². The number of carbonyl (C=O) groups excluding carboxylic acids is 1. The van der Waals surface area contributed by atoms with Crippen LogP contribution in [0, 0.1) is 5.82 Å². The van der Waals surface area contributed by atoms with Gasteiger partial charge < -0.3 is 14.7 Å². The minimum Gasteiger partial charge on any atom is -0.371 e. The Hall–Kier alpha value is -2.54. The summed E-state index contributed by atoms with van der Waals surface area (Å²) in [6.45, 7) is 3.62. The number of likely N-dealkylation sites (N-methyl/N-ethyl adjacent to an activating group) is 1. The number of alkyl halides is 2. The van der Waals surface area contributed by atoms with Gasteiger partial charge in [-0.2, -0.15) is 8.78 Å². The number of hydrogen-bond donors (Lipinski definition) is 0. The van der Waals surface area contributed by atoms with Crippen LogP contribution in [-0.4, -0.2) is 62.4 Å². The van der Waals surface area contributed by atoms with E-state index in [2.05, 4.69) is 39.9 Å². The molecule has 1 fully saturated rings. The van der Waals surface area contributed by atoms with E-state index in [1.165, 1.54) is 16.9 Å². The molecule has 5 rings (SSSR count). The van der Waals surface area contributed by atoms with Crippen LogP contribution >= 0.6 is 0 Å². The van der Waals surface area contributed by atoms with Gasteiger partial charge >= 0.3 is 5.92 Å². The first kappa shape index (κ1) is 20.4. The molecule has 0 aromatic heterocycles. The number of likely N-dealkylation sites (tertiary alicyclic amines) is 1. The minimum atomic E-state index is -3.47. The Bertz CT molecular complexity index is 994. The van der Waals surface area contributed by atoms with Crippen molar-refractivity contribution in [2.75, 3.05) is 49.6 Å². The highest BCUT2D eigenvalue weighted by atomic mass is 19.3. The van der Waals surface area contributed by atoms with Crippen molar-refractivity contribution in [2.45, 2.75) is 30.7 Å². The lowest BCUT2D eigenvalue weighted by Crippen LogP contribution is -2.49. The molecule has 3 aliphatic heterocycles. The van der Waals surface area contributed by atoms with E-state index in [-0.39, 0.29) is 12.1 Å². The lowest BCUT2D eigenvalue weighted by Gasteiger charge is -2.41. The minimum absolute atomic E-state index is 0.152. The third-order valence-corrected chi connectivity index (χ3v) is 7.06. The molecule has 2 atom stereocenters. The molecule has 7 heteroatoms. The Balaban J connectivity index is 1.28. The zero-order valence-electron chi connectivity index (χ0n) is 17.5. The van der Waals surface area contributed by atoms with Crippen LogP contribution in [0.4, 0.5) is 24.5 Å². The second kappa shape index (κ2) is 7.55. The summed E-state index contributed by atoms with van der Waals surface area (Å²) >= 11 is 0. The molecule has 0 spiro atoms. The molecule has 164 valence electrons. The summed E-state index contributed by atoms with van der Waals surface area (Å²) in [5.41, 5.74) is 3.72. The average Bonchev–Trinajstić information content (AvgIpc) is 3.09. The Morgan fingerprint density at radius 1 is 1.10 bits per heavy atom. The van der Waals surface area contributed by atoms with E-state index in [1.807, 2.05) is 0 Å². The number of hydrogen-bond acceptors (Lipinski definition) is 4. The van der Waals surface area contributed by atoms with Crippen molar-refractivity contribution in [3.05, 3.63) is 59.4 Å². The number of fused-ring (bicyclic) bond motifs is 3. The number of piperidine rings is 1. The van der Waals surface area contributed by atoms with E-state index in [0.29, 0.717) is 12.0 Å². The number of anilines is 2. The number of benzene rings is 2. The van der Waals surface area contributed by atoms with Crippen molar-refractivity contribution >= 4 is 17.2 Å². The van der Waals surface area contributed by atoms with Crippen molar-refractivity contribution < 1.29 is 18.0 Å². The standard InChI is InChI=1S/C24H26F3N3O/c1-28-13-14-30-20-9-11-29(15-19(20)18-3-2-4-21(28)22(18)30)12-10-24(26,27)23(31)16-5-7-17(25)8-6-16/h2-8,19-20H,9-15H2,1H3/t19-,20-/m0/s1. The largest absolute Gasteiger partial charge is 0.371 e. The van der Waals surface area contributed by atoms with Crippen LogP contribution in [0.1, 0.15) is 34.7 Å². The molecule has 0 bridgehead atoms. The first-order valence-electron chi connectivity index (χ1n) is 10.9. The molecule has 2 aromatic rings. The first-order valence-corrected chi connectivity index (χ1v) is 10.9. The summed E-state index contributed by atoms with van der Waals surface area (Å²) in [4.78, 5) is 19.1. The number of Topliss-reactive ketones (excluding diaryl/α,β-unsaturated/α-hetero) is 1. The first-order chi connectivity index (χ1) is 14.8. The van der Waals surface area contributed by atoms with E-state index < -0.39 is 23.9 Å². The zero-order chi connectivity index (χ0) is 21.8. The predicted octanol–water partition coefficient (Wildman–Crippen LogP) is 4.16. The zero-order valence-corrected chi connectivity index (χ0v) is 17.5. The number of para-hydroxylation sites is 1. The molecule has 0 amide bonds. The van der Waals surface area contributed by atoms with Crippen LogP contribution in [0.2, 0.25) is 0 Å². The summed E-state index contributed by atoms with van der Waals surface area (Å²) < 4.78 is 42.2. The van der Waals surface area contributed by atoms with Crippen molar-refractivity contribution in [3.63, 3.8) is 0 Å². The molecule has 0 aliphatic carbocycles. The molecule has 0 unspecified atom stereocenters. The summed E-state index contributed by atoms with van der Waals surface area (Å²) in [7, 11) is 2.11. The Morgan fingerprint density at radius 3 is 2.65 bits per heavy atom. The summed E-state index contributed by atoms with van der Waals surface area (Å²) in [6, 6.07) is 11.2. The lowest BCUT2D eigenvalue weighted by molar-refractivity contribution is -0.00272. The van der Waals surface area contributed by atoms with Crippen LogP contribution in [0.25, 0.3) is 0 Å². The monoisotopic (exact) mass is 429 g/mol. The molecule has 31 heavy (non-hydrogen) atoms. The van der Waals surface area contributed by atoms with Crippen molar-refractivity contribution in [3.8, 4) is 0 Å². The smallest absolute Gasteiger partial charge is 0.310 e. The highest BCUT2D eigenvalue weighted by Crippen LogP contribution is 2.50. The van der Waals surface area contributed by atoms with Crippen molar-refractivity contribution in [1.29, 1.82) is 0 Å². The summed E-state index contributed by atoms with van der Waals surface area (Å²) in [6.07, 6.45) is 0.403. The second-order valence-corrected chi connectivity index (χ2v) is 8.88. The second-order valence-electron chi connectivity index (χ2n) is 8.88. The predicted molar refractivity (Wildman–Crippen MR) is 115 cm³/mol. The van der Waals surface area contributed by atoms with Crippen LogP contribution in [-0.2, 0) is 0 Å². The van der Waals surface area contributed by atoms with Gasteiger partial charge in [-0.3, -0.25) is 4.79 Å². The Labute approximate surface area is 180 Å². The van der Waals surface area contributed by atoms with Crippen molar-refractivity contribution in [2.24, 2.45) is 0 Å². The van der Waals surface area contributed by atoms with Crippen LogP contribution in [0.3, 0.4) is 0 Å². The molecule has 0 N–H and O–H groups in total. The fraction of sp³-hybridized carbons (Fsp3) is 0.458. The van der Waals surface area contributed by atoms with E-state index in [4.69, 9.17) is 0 Å². The molecule has 2 aromatic carbocycles. The normalized spacial score (nSPS) is 23.0. The fourth-order valence-corrected chi connectivity index (χ4v) is 5.40. The summed E-state index contributed by atoms with van der Waals surface area (Å²) in [5, 5.41) is 0. The maximum absolute atomic E-state index is 14.6. The maximum Gasteiger partial charge on any atom is 0.310 e. The van der Waals surface area contributed by atoms with Gasteiger partial charge in [0.05, 0.1) is 11.4 Å². The third-order valence-electron chi connectivity index (χ3n) is 7.06. The van der Waals surface area contributed by atoms with Crippen LogP contribution in [0.5, 0.6) is 0 Å². The van der Waals surface area contributed by atoms with Gasteiger partial charge in [0.25, 0.3) is 0 Å². The van der Waals surface area contributed by atoms with Gasteiger partial charge in [-0.1, -0.05) is 12.1 Å². The van der Waals surface area contributed by atoms with Gasteiger partial charge in [0.2, 0.25) is 5.78 Å². The van der Waals surface area contributed by atoms with E-state index in [1.54, 1.807) is 0 Å². The molecule has 3 heterocycles. The topological polar surface area (TPSA) is 26.8 Å². The molecule has 0 saturated carbocycles. The number of rotatable bonds is 5. The number of carbonyl (C=O) groups is 1. The van der Waals surface area contributed by atoms with Crippen LogP contribution in [0.15, 0.2) is 42.5 Å². The van der Waals surface area contributed by atoms with Gasteiger partial charge in [-0.05, 0) is 42.3 Å². The van der Waals surface area contributed by atoms with Gasteiger partial charge in [0, 0.05) is 63.7 Å². The number of ketones is 1. The van der Waals surface area contributed by atoms with E-state index in [9.17, 15) is 18.0 Å². The average molecular weight is 429 g/mol. The van der Waals surface area contributed by atoms with Gasteiger partial charge in [-0.25, -0.2) is 4.39 Å². The van der Waals surface area contributed by atoms with Gasteiger partial charge in [-0.15, -0.1) is 0 Å². The van der Waals surface area contributed by atoms with Gasteiger partial charge in [0.15, 0.2) is 0 Å². The molecular weight excluding hydrogens is 403 g/mol. The highest BCUT2D eigenvalue weighted by molar-refractivity contribution is 6.01. The molecular formula is C24H26F3N3O. The number of nitrogens with zero attached hydrogens (tertiary/aromatic N) is 3. The fourth-order valence-electron chi connectivity index (χ4n) is 5.40. The SMILES string of the molecule is CN1CCN2c3c(cccc31)[C@@H]1CN(CCC(F)(F)C(=O)c3ccc(F)cc3)CC[C@@H]12. The molecule has 4 nitrogen and oxygen atoms in total. The molecule has 0 radical (unpaired) electrons. The lowest BCUT2D eigenvalue weighted by atomic mass is 9.88. The van der Waals surface area contributed by atoms with Crippen molar-refractivity contribution in [1.82, 2.24) is 4.90 Å². The van der Waals surface area contributed by atoms with Gasteiger partial charge in [0.1, 0.15) is 5.82 Å². The molecule has 1 saturated heterocycles. The maximum atomic E-state index is 14.6. The summed E-state index contributed by atoms with van der Waals surface area (Å²) in [5.74, 6) is -4.95.